The molecule has 1 atom stereocenters. The van der Waals surface area contributed by atoms with Crippen LogP contribution in [0.4, 0.5) is 0 Å². The Morgan fingerprint density at radius 3 is 2.30 bits per heavy atom. The Morgan fingerprint density at radius 1 is 1.07 bits per heavy atom. The first-order chi connectivity index (χ1) is 12.8. The summed E-state index contributed by atoms with van der Waals surface area (Å²) >= 11 is 12.2. The summed E-state index contributed by atoms with van der Waals surface area (Å²) in [6.07, 6.45) is 2.04. The number of hydrogen-bond acceptors (Lipinski definition) is 3. The molecule has 0 heterocycles. The van der Waals surface area contributed by atoms with Gasteiger partial charge in [-0.3, -0.25) is 4.79 Å². The fourth-order valence-electron chi connectivity index (χ4n) is 3.65. The van der Waals surface area contributed by atoms with Gasteiger partial charge in [0.1, 0.15) is 0 Å². The molecule has 1 aliphatic rings. The molecule has 0 radical (unpaired) electrons. The van der Waals surface area contributed by atoms with Crippen molar-refractivity contribution in [3.05, 3.63) is 64.1 Å². The molecular weight excluding hydrogens is 405 g/mol. The molecule has 7 heteroatoms. The molecule has 1 saturated carbocycles. The molecule has 2 aromatic rings. The van der Waals surface area contributed by atoms with Crippen LogP contribution in [0.3, 0.4) is 0 Å². The number of amides is 1. The van der Waals surface area contributed by atoms with Gasteiger partial charge in [0.2, 0.25) is 5.91 Å². The van der Waals surface area contributed by atoms with Crippen LogP contribution < -0.4 is 5.32 Å². The van der Waals surface area contributed by atoms with Crippen molar-refractivity contribution in [2.75, 3.05) is 0 Å². The molecule has 1 aliphatic carbocycles. The molecule has 0 aromatic heterocycles. The van der Waals surface area contributed by atoms with Crippen LogP contribution in [0.15, 0.2) is 53.4 Å². The van der Waals surface area contributed by atoms with Gasteiger partial charge in [-0.2, -0.15) is 0 Å². The molecule has 1 amide bonds. The van der Waals surface area contributed by atoms with E-state index in [1.807, 2.05) is 0 Å². The van der Waals surface area contributed by atoms with Gasteiger partial charge in [0.05, 0.1) is 10.9 Å². The van der Waals surface area contributed by atoms with Crippen molar-refractivity contribution in [1.29, 1.82) is 0 Å². The molecule has 0 aliphatic heterocycles. The van der Waals surface area contributed by atoms with Gasteiger partial charge in [0, 0.05) is 10.0 Å². The van der Waals surface area contributed by atoms with Gasteiger partial charge >= 0.3 is 0 Å². The molecule has 144 valence electrons. The van der Waals surface area contributed by atoms with Gasteiger partial charge in [-0.05, 0) is 49.6 Å². The van der Waals surface area contributed by atoms with Crippen LogP contribution in [0.25, 0.3) is 0 Å². The van der Waals surface area contributed by atoms with Crippen molar-refractivity contribution in [2.24, 2.45) is 0 Å². The summed E-state index contributed by atoms with van der Waals surface area (Å²) in [5.74, 6) is -0.470. The summed E-state index contributed by atoms with van der Waals surface area (Å²) in [4.78, 5) is 13.4. The van der Waals surface area contributed by atoms with Gasteiger partial charge in [0.25, 0.3) is 0 Å². The molecule has 0 spiro atoms. The van der Waals surface area contributed by atoms with Crippen molar-refractivity contribution < 1.29 is 13.2 Å². The summed E-state index contributed by atoms with van der Waals surface area (Å²) in [5, 5.41) is 3.80. The van der Waals surface area contributed by atoms with Crippen molar-refractivity contribution in [3.63, 3.8) is 0 Å². The molecule has 0 bridgehead atoms. The van der Waals surface area contributed by atoms with E-state index in [1.54, 1.807) is 55.5 Å². The zero-order valence-electron chi connectivity index (χ0n) is 14.9. The zero-order valence-corrected chi connectivity index (χ0v) is 17.2. The fraction of sp³-hybridized carbons (Fsp3) is 0.350. The van der Waals surface area contributed by atoms with Crippen molar-refractivity contribution in [3.8, 4) is 0 Å². The Labute approximate surface area is 169 Å². The number of benzene rings is 2. The lowest BCUT2D eigenvalue weighted by molar-refractivity contribution is -0.124. The van der Waals surface area contributed by atoms with Crippen LogP contribution >= 0.6 is 23.2 Å². The van der Waals surface area contributed by atoms with E-state index in [2.05, 4.69) is 5.32 Å². The van der Waals surface area contributed by atoms with E-state index >= 15 is 0 Å². The Kier molecular flexibility index (Phi) is 5.84. The number of carbonyl (C=O) groups is 1. The predicted octanol–water partition coefficient (Wildman–Crippen LogP) is 4.96. The lowest BCUT2D eigenvalue weighted by atomic mass is 10.0. The van der Waals surface area contributed by atoms with Crippen LogP contribution in [-0.2, 0) is 14.6 Å². The Bertz CT molecular complexity index is 939. The van der Waals surface area contributed by atoms with E-state index in [-0.39, 0.29) is 4.90 Å². The molecular formula is C20H21Cl2NO3S. The molecule has 1 N–H and O–H groups in total. The maximum Gasteiger partial charge on any atom is 0.242 e. The van der Waals surface area contributed by atoms with Crippen LogP contribution in [0.5, 0.6) is 0 Å². The highest BCUT2D eigenvalue weighted by Gasteiger charge is 2.53. The van der Waals surface area contributed by atoms with E-state index in [9.17, 15) is 13.2 Å². The largest absolute Gasteiger partial charge is 0.348 e. The highest BCUT2D eigenvalue weighted by Crippen LogP contribution is 2.41. The topological polar surface area (TPSA) is 63.2 Å². The third kappa shape index (κ3) is 3.73. The highest BCUT2D eigenvalue weighted by atomic mass is 35.5. The first-order valence-corrected chi connectivity index (χ1v) is 11.1. The molecule has 27 heavy (non-hydrogen) atoms. The average Bonchev–Trinajstić information content (AvgIpc) is 3.14. The van der Waals surface area contributed by atoms with Gasteiger partial charge in [-0.25, -0.2) is 8.42 Å². The molecule has 2 aromatic carbocycles. The van der Waals surface area contributed by atoms with Gasteiger partial charge < -0.3 is 5.32 Å². The van der Waals surface area contributed by atoms with Crippen molar-refractivity contribution in [2.45, 2.75) is 48.3 Å². The van der Waals surface area contributed by atoms with Crippen molar-refractivity contribution in [1.82, 2.24) is 5.32 Å². The Morgan fingerprint density at radius 2 is 1.70 bits per heavy atom. The first kappa shape index (κ1) is 20.2. The average molecular weight is 426 g/mol. The van der Waals surface area contributed by atoms with E-state index in [0.29, 0.717) is 41.3 Å². The summed E-state index contributed by atoms with van der Waals surface area (Å²) in [7, 11) is -3.81. The van der Waals surface area contributed by atoms with E-state index < -0.39 is 26.5 Å². The van der Waals surface area contributed by atoms with Crippen LogP contribution in [0.2, 0.25) is 10.0 Å². The third-order valence-corrected chi connectivity index (χ3v) is 8.25. The second-order valence-corrected chi connectivity index (χ2v) is 9.98. The lowest BCUT2D eigenvalue weighted by Gasteiger charge is -2.29. The minimum Gasteiger partial charge on any atom is -0.348 e. The molecule has 3 rings (SSSR count). The zero-order chi connectivity index (χ0) is 19.7. The second-order valence-electron chi connectivity index (χ2n) is 6.88. The van der Waals surface area contributed by atoms with Gasteiger partial charge in [-0.1, -0.05) is 60.3 Å². The highest BCUT2D eigenvalue weighted by molar-refractivity contribution is 7.93. The standard InChI is InChI=1S/C20H21Cl2NO3S/c1-14(17-10-9-15(21)13-18(17)22)23-19(24)20(11-5-6-12-20)27(25,26)16-7-3-2-4-8-16/h2-4,7-10,13-14H,5-6,11-12H2,1H3,(H,23,24)/t14-/m1/s1. The van der Waals surface area contributed by atoms with Crippen molar-refractivity contribution >= 4 is 38.9 Å². The maximum atomic E-state index is 13.3. The number of halogens is 2. The predicted molar refractivity (Wildman–Crippen MR) is 108 cm³/mol. The molecule has 0 saturated heterocycles. The second kappa shape index (κ2) is 7.82. The Hall–Kier alpha value is -1.56. The SMILES string of the molecule is C[C@@H](NC(=O)C1(S(=O)(=O)c2ccccc2)CCCC1)c1ccc(Cl)cc1Cl. The first-order valence-electron chi connectivity index (χ1n) is 8.83. The van der Waals surface area contributed by atoms with Crippen LogP contribution in [0.1, 0.15) is 44.2 Å². The number of sulfone groups is 1. The van der Waals surface area contributed by atoms with E-state index in [4.69, 9.17) is 23.2 Å². The number of rotatable bonds is 5. The molecule has 1 fully saturated rings. The maximum absolute atomic E-state index is 13.3. The van der Waals surface area contributed by atoms with E-state index in [0.717, 1.165) is 0 Å². The molecule has 4 nitrogen and oxygen atoms in total. The smallest absolute Gasteiger partial charge is 0.242 e. The van der Waals surface area contributed by atoms with Crippen LogP contribution in [-0.4, -0.2) is 19.1 Å². The minimum absolute atomic E-state index is 0.180. The summed E-state index contributed by atoms with van der Waals surface area (Å²) in [5.41, 5.74) is 0.694. The number of hydrogen-bond donors (Lipinski definition) is 1. The summed E-state index contributed by atoms with van der Waals surface area (Å²) in [6.45, 7) is 1.78. The number of carbonyl (C=O) groups excluding carboxylic acids is 1. The molecule has 0 unspecified atom stereocenters. The fourth-order valence-corrected chi connectivity index (χ4v) is 6.32. The quantitative estimate of drug-likeness (QED) is 0.735. The summed E-state index contributed by atoms with van der Waals surface area (Å²) in [6, 6.07) is 12.8. The van der Waals surface area contributed by atoms with Gasteiger partial charge in [0.15, 0.2) is 14.6 Å². The summed E-state index contributed by atoms with van der Waals surface area (Å²) < 4.78 is 25.2. The minimum atomic E-state index is -3.81. The normalized spacial score (nSPS) is 17.4. The lowest BCUT2D eigenvalue weighted by Crippen LogP contribution is -2.51. The Balaban J connectivity index is 1.92. The third-order valence-electron chi connectivity index (χ3n) is 5.17. The van der Waals surface area contributed by atoms with Gasteiger partial charge in [-0.15, -0.1) is 0 Å². The monoisotopic (exact) mass is 425 g/mol. The van der Waals surface area contributed by atoms with Crippen LogP contribution in [0, 0.1) is 0 Å². The van der Waals surface area contributed by atoms with E-state index in [1.165, 1.54) is 0 Å². The number of nitrogens with one attached hydrogen (secondary N) is 1.